The number of rotatable bonds is 8. The molecule has 0 radical (unpaired) electrons. The van der Waals surface area contributed by atoms with Crippen LogP contribution in [0.25, 0.3) is 0 Å². The summed E-state index contributed by atoms with van der Waals surface area (Å²) < 4.78 is 54.4. The van der Waals surface area contributed by atoms with E-state index in [0.29, 0.717) is 11.1 Å². The van der Waals surface area contributed by atoms with Crippen molar-refractivity contribution in [3.8, 4) is 5.75 Å². The van der Waals surface area contributed by atoms with Crippen molar-refractivity contribution < 1.29 is 37.0 Å². The fraction of sp³-hybridized carbons (Fsp3) is 0.263. The summed E-state index contributed by atoms with van der Waals surface area (Å²) in [5, 5.41) is 9.03. The first-order valence-electron chi connectivity index (χ1n) is 8.15. The first kappa shape index (κ1) is 21.2. The number of carboxylic acids is 1. The number of benzene rings is 2. The Morgan fingerprint density at radius 3 is 2.32 bits per heavy atom. The summed E-state index contributed by atoms with van der Waals surface area (Å²) >= 11 is 0. The minimum atomic E-state index is -4.49. The third-order valence-electron chi connectivity index (χ3n) is 3.62. The first-order valence-corrected chi connectivity index (χ1v) is 8.15. The minimum absolute atomic E-state index is 0.0460. The number of hydrogen-bond acceptors (Lipinski definition) is 3. The number of carbonyl (C=O) groups is 2. The predicted octanol–water partition coefficient (Wildman–Crippen LogP) is 3.42. The monoisotopic (exact) mass is 399 g/mol. The topological polar surface area (TPSA) is 66.8 Å². The Balaban J connectivity index is 2.07. The second-order valence-electron chi connectivity index (χ2n) is 6.00. The Morgan fingerprint density at radius 2 is 1.71 bits per heavy atom. The fourth-order valence-electron chi connectivity index (χ4n) is 2.40. The van der Waals surface area contributed by atoms with Crippen LogP contribution >= 0.6 is 0 Å². The molecule has 0 saturated heterocycles. The van der Waals surface area contributed by atoms with E-state index in [1.807, 2.05) is 0 Å². The van der Waals surface area contributed by atoms with Gasteiger partial charge < -0.3 is 14.7 Å². The van der Waals surface area contributed by atoms with E-state index in [4.69, 9.17) is 5.11 Å². The molecule has 0 fully saturated rings. The van der Waals surface area contributed by atoms with Gasteiger partial charge in [0.2, 0.25) is 5.91 Å². The van der Waals surface area contributed by atoms with E-state index in [1.165, 1.54) is 48.5 Å². The average molecular weight is 399 g/mol. The number of carboxylic acid groups (broad SMARTS) is 1. The van der Waals surface area contributed by atoms with Crippen molar-refractivity contribution in [3.05, 3.63) is 65.5 Å². The van der Waals surface area contributed by atoms with Crippen molar-refractivity contribution in [2.45, 2.75) is 19.1 Å². The van der Waals surface area contributed by atoms with E-state index in [0.717, 1.165) is 4.90 Å². The van der Waals surface area contributed by atoms with Gasteiger partial charge in [-0.2, -0.15) is 13.2 Å². The minimum Gasteiger partial charge on any atom is -0.484 e. The molecule has 0 saturated carbocycles. The van der Waals surface area contributed by atoms with E-state index in [2.05, 4.69) is 4.74 Å². The number of hydrogen-bond donors (Lipinski definition) is 1. The zero-order valence-electron chi connectivity index (χ0n) is 14.6. The van der Waals surface area contributed by atoms with E-state index in [9.17, 15) is 27.2 Å². The van der Waals surface area contributed by atoms with Crippen LogP contribution in [0, 0.1) is 5.82 Å². The van der Waals surface area contributed by atoms with Crippen LogP contribution in [0.5, 0.6) is 5.75 Å². The van der Waals surface area contributed by atoms with Gasteiger partial charge in [0.15, 0.2) is 6.61 Å². The van der Waals surface area contributed by atoms with Crippen LogP contribution in [0.15, 0.2) is 48.5 Å². The number of ether oxygens (including phenoxy) is 1. The lowest BCUT2D eigenvalue weighted by molar-refractivity contribution is -0.153. The summed E-state index contributed by atoms with van der Waals surface area (Å²) in [5.74, 6) is -2.28. The molecule has 150 valence electrons. The third-order valence-corrected chi connectivity index (χ3v) is 3.62. The summed E-state index contributed by atoms with van der Waals surface area (Å²) in [4.78, 5) is 24.6. The molecule has 2 aromatic carbocycles. The van der Waals surface area contributed by atoms with Gasteiger partial charge in [0.25, 0.3) is 0 Å². The molecule has 2 rings (SSSR count). The first-order chi connectivity index (χ1) is 13.1. The Hall–Kier alpha value is -3.10. The molecule has 0 atom stereocenters. The molecule has 9 heteroatoms. The quantitative estimate of drug-likeness (QED) is 0.691. The van der Waals surface area contributed by atoms with Gasteiger partial charge in [0, 0.05) is 6.54 Å². The average Bonchev–Trinajstić information content (AvgIpc) is 2.60. The molecular weight excluding hydrogens is 382 g/mol. The Morgan fingerprint density at radius 1 is 1.04 bits per heavy atom. The molecule has 0 aliphatic rings. The molecule has 0 unspecified atom stereocenters. The maximum Gasteiger partial charge on any atom is 0.422 e. The van der Waals surface area contributed by atoms with Crippen LogP contribution < -0.4 is 4.74 Å². The van der Waals surface area contributed by atoms with Crippen molar-refractivity contribution in [1.82, 2.24) is 4.90 Å². The fourth-order valence-corrected chi connectivity index (χ4v) is 2.40. The third kappa shape index (κ3) is 7.26. The van der Waals surface area contributed by atoms with Gasteiger partial charge in [0.1, 0.15) is 18.1 Å². The molecular formula is C19H17F4NO4. The summed E-state index contributed by atoms with van der Waals surface area (Å²) in [6.07, 6.45) is -4.71. The molecule has 0 aliphatic carbocycles. The van der Waals surface area contributed by atoms with Gasteiger partial charge in [-0.1, -0.05) is 24.3 Å². The van der Waals surface area contributed by atoms with Gasteiger partial charge in [-0.15, -0.1) is 0 Å². The van der Waals surface area contributed by atoms with Crippen LogP contribution in [0.2, 0.25) is 0 Å². The smallest absolute Gasteiger partial charge is 0.422 e. The van der Waals surface area contributed by atoms with E-state index < -0.39 is 37.0 Å². The van der Waals surface area contributed by atoms with Crippen LogP contribution in [-0.4, -0.2) is 41.2 Å². The lowest BCUT2D eigenvalue weighted by Crippen LogP contribution is -2.36. The molecule has 0 aliphatic heterocycles. The number of carbonyl (C=O) groups excluding carboxylic acids is 1. The summed E-state index contributed by atoms with van der Waals surface area (Å²) in [5.41, 5.74) is 0.914. The number of nitrogens with zero attached hydrogens (tertiary/aromatic N) is 1. The second-order valence-corrected chi connectivity index (χ2v) is 6.00. The zero-order valence-corrected chi connectivity index (χ0v) is 14.6. The molecule has 1 amide bonds. The number of aliphatic carboxylic acids is 1. The van der Waals surface area contributed by atoms with Crippen LogP contribution in [-0.2, 0) is 22.6 Å². The highest BCUT2D eigenvalue weighted by Gasteiger charge is 2.28. The molecule has 2 aromatic rings. The van der Waals surface area contributed by atoms with E-state index in [1.54, 1.807) is 0 Å². The summed E-state index contributed by atoms with van der Waals surface area (Å²) in [6, 6.07) is 10.8. The van der Waals surface area contributed by atoms with Crippen molar-refractivity contribution in [2.75, 3.05) is 13.2 Å². The van der Waals surface area contributed by atoms with Gasteiger partial charge >= 0.3 is 12.1 Å². The molecule has 0 aromatic heterocycles. The van der Waals surface area contributed by atoms with Crippen molar-refractivity contribution >= 4 is 11.9 Å². The SMILES string of the molecule is O=C(O)CN(Cc1ccc(F)cc1)C(=O)Cc1cccc(OCC(F)(F)F)c1. The summed E-state index contributed by atoms with van der Waals surface area (Å²) in [6.45, 7) is -2.07. The number of halogens is 4. The normalized spacial score (nSPS) is 11.1. The largest absolute Gasteiger partial charge is 0.484 e. The van der Waals surface area contributed by atoms with Gasteiger partial charge in [-0.25, -0.2) is 4.39 Å². The Kier molecular flexibility index (Phi) is 6.97. The number of amides is 1. The van der Waals surface area contributed by atoms with E-state index >= 15 is 0 Å². The van der Waals surface area contributed by atoms with Gasteiger partial charge in [-0.3, -0.25) is 9.59 Å². The highest BCUT2D eigenvalue weighted by molar-refractivity contribution is 5.83. The van der Waals surface area contributed by atoms with Gasteiger partial charge in [0.05, 0.1) is 6.42 Å². The second kappa shape index (κ2) is 9.20. The molecule has 1 N–H and O–H groups in total. The molecule has 5 nitrogen and oxygen atoms in total. The standard InChI is InChI=1S/C19H17F4NO4/c20-15-6-4-13(5-7-15)10-24(11-18(26)27)17(25)9-14-2-1-3-16(8-14)28-12-19(21,22)23/h1-8H,9-12H2,(H,26,27). The molecule has 0 spiro atoms. The van der Waals surface area contributed by atoms with Crippen molar-refractivity contribution in [3.63, 3.8) is 0 Å². The molecule has 0 heterocycles. The highest BCUT2D eigenvalue weighted by Crippen LogP contribution is 2.20. The van der Waals surface area contributed by atoms with E-state index in [-0.39, 0.29) is 18.7 Å². The van der Waals surface area contributed by atoms with Crippen molar-refractivity contribution in [1.29, 1.82) is 0 Å². The van der Waals surface area contributed by atoms with Crippen LogP contribution in [0.4, 0.5) is 17.6 Å². The number of alkyl halides is 3. The molecule has 0 bridgehead atoms. The van der Waals surface area contributed by atoms with Crippen molar-refractivity contribution in [2.24, 2.45) is 0 Å². The lowest BCUT2D eigenvalue weighted by atomic mass is 10.1. The predicted molar refractivity (Wildman–Crippen MR) is 91.1 cm³/mol. The zero-order chi connectivity index (χ0) is 20.7. The Bertz CT molecular complexity index is 821. The van der Waals surface area contributed by atoms with Gasteiger partial charge in [-0.05, 0) is 35.4 Å². The van der Waals surface area contributed by atoms with Crippen LogP contribution in [0.1, 0.15) is 11.1 Å². The summed E-state index contributed by atoms with van der Waals surface area (Å²) in [7, 11) is 0. The highest BCUT2D eigenvalue weighted by atomic mass is 19.4. The Labute approximate surface area is 158 Å². The maximum absolute atomic E-state index is 13.0. The van der Waals surface area contributed by atoms with Crippen LogP contribution in [0.3, 0.4) is 0 Å². The lowest BCUT2D eigenvalue weighted by Gasteiger charge is -2.21. The molecule has 28 heavy (non-hydrogen) atoms. The maximum atomic E-state index is 13.0.